The summed E-state index contributed by atoms with van der Waals surface area (Å²) < 4.78 is 14.3. The molecule has 0 spiro atoms. The van der Waals surface area contributed by atoms with Gasteiger partial charge in [-0.2, -0.15) is 0 Å². The van der Waals surface area contributed by atoms with E-state index in [1.807, 2.05) is 41.5 Å². The number of rotatable bonds is 8. The molecule has 388 valence electrons. The first-order chi connectivity index (χ1) is 35.3. The predicted octanol–water partition coefficient (Wildman–Crippen LogP) is 10.6. The first-order valence-electron chi connectivity index (χ1n) is 25.2. The highest BCUT2D eigenvalue weighted by Gasteiger charge is 2.51. The number of aryl methyl sites for hydroxylation is 4. The van der Waals surface area contributed by atoms with Crippen molar-refractivity contribution in [2.75, 3.05) is 0 Å². The molecule has 2 aliphatic heterocycles. The van der Waals surface area contributed by atoms with Gasteiger partial charge in [0.25, 0.3) is 0 Å². The fourth-order valence-corrected chi connectivity index (χ4v) is 12.8. The third-order valence-electron chi connectivity index (χ3n) is 16.0. The highest BCUT2D eigenvalue weighted by molar-refractivity contribution is 6.29. The number of phenols is 6. The van der Waals surface area contributed by atoms with Crippen LogP contribution in [0.1, 0.15) is 151 Å². The summed E-state index contributed by atoms with van der Waals surface area (Å²) in [5.74, 6) is -8.23. The predicted molar refractivity (Wildman–Crippen MR) is 285 cm³/mol. The summed E-state index contributed by atoms with van der Waals surface area (Å²) in [6.45, 7) is 21.6. The standard InChI is InChI=1S/C60H60N2O13/c1-19(2)33-27-13-23(9)37(49(66)41(27)31(17-61)47(64)51(33)68)39-25(11)15-29-35(21(5)6)53(70)55(72)45-43(29)57(39)74-59-46-44-30(36(22(7)8)54(71)56(46)73)16-26(12)40(58(44)75-60(45)62-59)38-24(10)14-28-34(20(3)4)52(69)48(65)32(18-63)42(28)50(38)67/h13-22,35-36,53-54,61-62,64-71H,1-12H3. The van der Waals surface area contributed by atoms with Gasteiger partial charge in [0.15, 0.2) is 40.9 Å². The molecule has 0 fully saturated rings. The zero-order valence-corrected chi connectivity index (χ0v) is 43.7. The molecular weight excluding hydrogens is 957 g/mol. The van der Waals surface area contributed by atoms with E-state index >= 15 is 9.59 Å². The number of ether oxygens (including phenoxy) is 2. The molecule has 6 aromatic rings. The monoisotopic (exact) mass is 1020 g/mol. The maximum Gasteiger partial charge on any atom is 0.212 e. The van der Waals surface area contributed by atoms with Crippen molar-refractivity contribution < 1.29 is 64.7 Å². The van der Waals surface area contributed by atoms with Gasteiger partial charge < -0.3 is 55.7 Å². The van der Waals surface area contributed by atoms with Gasteiger partial charge in [-0.15, -0.1) is 0 Å². The first-order valence-corrected chi connectivity index (χ1v) is 25.2. The zero-order chi connectivity index (χ0) is 54.6. The lowest BCUT2D eigenvalue weighted by Gasteiger charge is -2.37. The van der Waals surface area contributed by atoms with E-state index in [1.54, 1.807) is 65.8 Å². The van der Waals surface area contributed by atoms with Crippen LogP contribution < -0.4 is 14.8 Å². The van der Waals surface area contributed by atoms with Gasteiger partial charge in [0.05, 0.1) is 16.7 Å². The molecule has 0 amide bonds. The lowest BCUT2D eigenvalue weighted by atomic mass is 9.70. The van der Waals surface area contributed by atoms with Crippen molar-refractivity contribution in [3.8, 4) is 68.2 Å². The normalized spacial score (nSPS) is 18.9. The van der Waals surface area contributed by atoms with Crippen molar-refractivity contribution >= 4 is 56.8 Å². The Kier molecular flexibility index (Phi) is 11.7. The van der Waals surface area contributed by atoms with Gasteiger partial charge >= 0.3 is 0 Å². The molecule has 0 radical (unpaired) electrons. The third-order valence-corrected chi connectivity index (χ3v) is 16.0. The fourth-order valence-electron chi connectivity index (χ4n) is 12.8. The molecule has 0 saturated heterocycles. The topological polar surface area (TPSA) is 267 Å². The molecule has 4 unspecified atom stereocenters. The number of hydrogen-bond donors (Lipinski definition) is 10. The Morgan fingerprint density at radius 1 is 0.520 bits per heavy atom. The Morgan fingerprint density at radius 2 is 0.880 bits per heavy atom. The van der Waals surface area contributed by atoms with Crippen LogP contribution in [0.25, 0.3) is 54.9 Å². The second-order valence-electron chi connectivity index (χ2n) is 21.9. The number of benzene rings is 6. The first kappa shape index (κ1) is 50.6. The van der Waals surface area contributed by atoms with E-state index in [9.17, 15) is 45.6 Å². The molecule has 10 rings (SSSR count). The molecule has 2 bridgehead atoms. The molecule has 0 saturated carbocycles. The molecule has 10 N–H and O–H groups in total. The van der Waals surface area contributed by atoms with E-state index < -0.39 is 64.4 Å². The van der Waals surface area contributed by atoms with Gasteiger partial charge in [0.1, 0.15) is 35.2 Å². The van der Waals surface area contributed by atoms with Gasteiger partial charge in [-0.3, -0.25) is 19.7 Å². The Morgan fingerprint density at radius 3 is 1.23 bits per heavy atom. The molecule has 0 aromatic heterocycles. The molecule has 15 nitrogen and oxygen atoms in total. The van der Waals surface area contributed by atoms with E-state index in [0.717, 1.165) is 6.21 Å². The molecule has 2 aliphatic carbocycles. The van der Waals surface area contributed by atoms with Crippen LogP contribution in [0.2, 0.25) is 0 Å². The number of Topliss-reactive ketones (excluding diaryl/α,β-unsaturated/α-hetero) is 2. The largest absolute Gasteiger partial charge is 0.507 e. The number of aliphatic hydroxyl groups is 2. The van der Waals surface area contributed by atoms with Crippen molar-refractivity contribution in [2.45, 2.75) is 119 Å². The van der Waals surface area contributed by atoms with E-state index in [0.29, 0.717) is 56.0 Å². The van der Waals surface area contributed by atoms with Crippen LogP contribution in [0.3, 0.4) is 0 Å². The molecule has 75 heavy (non-hydrogen) atoms. The summed E-state index contributed by atoms with van der Waals surface area (Å²) in [5, 5.41) is 107. The van der Waals surface area contributed by atoms with Crippen molar-refractivity contribution in [2.24, 2.45) is 11.8 Å². The number of aldehydes is 1. The van der Waals surface area contributed by atoms with Gasteiger partial charge in [0, 0.05) is 78.9 Å². The zero-order valence-electron chi connectivity index (χ0n) is 43.7. The number of hydrogen-bond acceptors (Lipinski definition) is 15. The molecule has 2 heterocycles. The maximum absolute atomic E-state index is 15.3. The van der Waals surface area contributed by atoms with Crippen LogP contribution in [0, 0.1) is 44.9 Å². The third kappa shape index (κ3) is 6.79. The summed E-state index contributed by atoms with van der Waals surface area (Å²) in [5.41, 5.74) is 3.71. The second-order valence-corrected chi connectivity index (χ2v) is 21.9. The van der Waals surface area contributed by atoms with Crippen LogP contribution in [-0.2, 0) is 9.59 Å². The van der Waals surface area contributed by atoms with Crippen molar-refractivity contribution in [1.82, 2.24) is 5.32 Å². The molecule has 4 aliphatic rings. The summed E-state index contributed by atoms with van der Waals surface area (Å²) in [6, 6.07) is 7.02. The maximum atomic E-state index is 15.3. The fraction of sp³-hybridized carbons (Fsp3) is 0.333. The molecular formula is C60H60N2O13. The van der Waals surface area contributed by atoms with E-state index in [1.165, 1.54) is 0 Å². The highest BCUT2D eigenvalue weighted by atomic mass is 16.5. The second kappa shape index (κ2) is 17.4. The molecule has 6 aromatic carbocycles. The number of aliphatic hydroxyl groups excluding tert-OH is 2. The Hall–Kier alpha value is -7.88. The number of nitrogens with one attached hydrogen (secondary N) is 2. The lowest BCUT2D eigenvalue weighted by molar-refractivity contribution is -0.124. The van der Waals surface area contributed by atoms with Crippen LogP contribution in [0.15, 0.2) is 36.0 Å². The average molecular weight is 1020 g/mol. The van der Waals surface area contributed by atoms with E-state index in [4.69, 9.17) is 14.9 Å². The number of aromatic hydroxyl groups is 6. The van der Waals surface area contributed by atoms with Crippen LogP contribution in [0.5, 0.6) is 46.0 Å². The lowest BCUT2D eigenvalue weighted by Crippen LogP contribution is -2.38. The Bertz CT molecular complexity index is 3480. The van der Waals surface area contributed by atoms with Crippen LogP contribution in [0.4, 0.5) is 0 Å². The van der Waals surface area contributed by atoms with E-state index in [2.05, 4.69) is 5.32 Å². The number of carbonyl (C=O) groups is 3. The Balaban J connectivity index is 1.38. The van der Waals surface area contributed by atoms with E-state index in [-0.39, 0.29) is 125 Å². The minimum atomic E-state index is -1.63. The number of carbonyl (C=O) groups excluding carboxylic acids is 3. The van der Waals surface area contributed by atoms with Gasteiger partial charge in [-0.05, 0) is 95.5 Å². The number of phenolic OH excluding ortho intramolecular Hbond substituents is 6. The minimum Gasteiger partial charge on any atom is -0.507 e. The Labute approximate surface area is 432 Å². The number of fused-ring (bicyclic) bond motifs is 4. The molecule has 15 heteroatoms. The van der Waals surface area contributed by atoms with Gasteiger partial charge in [-0.1, -0.05) is 79.7 Å². The quantitative estimate of drug-likeness (QED) is 0.0386. The van der Waals surface area contributed by atoms with Crippen molar-refractivity contribution in [1.29, 1.82) is 5.41 Å². The van der Waals surface area contributed by atoms with Crippen molar-refractivity contribution in [3.05, 3.63) is 103 Å². The minimum absolute atomic E-state index is 0.0141. The number of ketones is 2. The summed E-state index contributed by atoms with van der Waals surface area (Å²) in [7, 11) is 0. The van der Waals surface area contributed by atoms with Gasteiger partial charge in [0.2, 0.25) is 11.8 Å². The summed E-state index contributed by atoms with van der Waals surface area (Å²) in [4.78, 5) is 43.5. The van der Waals surface area contributed by atoms with Crippen LogP contribution in [-0.4, -0.2) is 77.1 Å². The van der Waals surface area contributed by atoms with Gasteiger partial charge in [-0.25, -0.2) is 0 Å². The smallest absolute Gasteiger partial charge is 0.212 e. The summed E-state index contributed by atoms with van der Waals surface area (Å²) in [6.07, 6.45) is -2.07. The molecule has 4 atom stereocenters. The average Bonchev–Trinajstić information content (AvgIpc) is 3.59. The van der Waals surface area contributed by atoms with Crippen molar-refractivity contribution in [3.63, 3.8) is 0 Å². The van der Waals surface area contributed by atoms with Crippen LogP contribution >= 0.6 is 0 Å². The highest BCUT2D eigenvalue weighted by Crippen LogP contribution is 2.60. The summed E-state index contributed by atoms with van der Waals surface area (Å²) >= 11 is 0. The SMILES string of the molecule is Cc1cc2c3c(c1-c1c(C)cc4c(C(C)C)c(O)c(O)c(C=N)c4c1O)OC1=C4C(=O)C(O)C(C(C)C)c5cc(C)c(-c6c(C)cc7c(C(C)C)c(O)c(O)c(C=O)c7c6O)c(c54)OC(=C3C(=O)C(O)C2C(C)C)N1.